The normalized spacial score (nSPS) is 13.8. The van der Waals surface area contributed by atoms with E-state index in [-0.39, 0.29) is 11.8 Å². The summed E-state index contributed by atoms with van der Waals surface area (Å²) in [6.07, 6.45) is -2.55. The monoisotopic (exact) mass is 266 g/mol. The summed E-state index contributed by atoms with van der Waals surface area (Å²) in [6.45, 7) is 1.93. The second-order valence-corrected chi connectivity index (χ2v) is 4.01. The first-order chi connectivity index (χ1) is 8.24. The molecular weight excluding hydrogens is 252 g/mol. The molecule has 1 aromatic rings. The van der Waals surface area contributed by atoms with Crippen LogP contribution in [0, 0.1) is 6.92 Å². The average Bonchev–Trinajstić information content (AvgIpc) is 2.26. The van der Waals surface area contributed by atoms with Gasteiger partial charge >= 0.3 is 12.3 Å². The zero-order chi connectivity index (χ0) is 13.9. The molecule has 0 amide bonds. The van der Waals surface area contributed by atoms with Gasteiger partial charge in [-0.1, -0.05) is 0 Å². The van der Waals surface area contributed by atoms with Gasteiger partial charge in [-0.3, -0.25) is 4.98 Å². The van der Waals surface area contributed by atoms with Gasteiger partial charge in [-0.15, -0.1) is 0 Å². The third-order valence-electron chi connectivity index (χ3n) is 2.29. The van der Waals surface area contributed by atoms with Gasteiger partial charge in [0.1, 0.15) is 5.75 Å². The van der Waals surface area contributed by atoms with Crippen LogP contribution in [-0.2, 0) is 0 Å². The number of aryl methyl sites for hydroxylation is 1. The maximum atomic E-state index is 12.7. The summed E-state index contributed by atoms with van der Waals surface area (Å²) in [5, 5.41) is 0. The summed E-state index contributed by atoms with van der Waals surface area (Å²) in [5.74, 6) is -4.13. The Labute approximate surface area is 102 Å². The molecule has 0 aliphatic carbocycles. The Morgan fingerprint density at radius 3 is 2.50 bits per heavy atom. The van der Waals surface area contributed by atoms with Crippen molar-refractivity contribution in [1.29, 1.82) is 0 Å². The van der Waals surface area contributed by atoms with Gasteiger partial charge in [-0.2, -0.15) is 8.78 Å². The van der Waals surface area contributed by atoms with Crippen LogP contribution in [0.3, 0.4) is 0 Å². The maximum absolute atomic E-state index is 12.7. The Kier molecular flexibility index (Phi) is 4.50. The third-order valence-corrected chi connectivity index (χ3v) is 2.29. The topological polar surface area (TPSA) is 48.1 Å². The number of nitrogens with zero attached hydrogens (tertiary/aromatic N) is 1. The molecule has 0 aliphatic heterocycles. The number of ether oxygens (including phenoxy) is 1. The summed E-state index contributed by atoms with van der Waals surface area (Å²) in [7, 11) is 0. The van der Waals surface area contributed by atoms with Crippen molar-refractivity contribution >= 4 is 0 Å². The molecule has 0 fully saturated rings. The van der Waals surface area contributed by atoms with Crippen LogP contribution >= 0.6 is 0 Å². The van der Waals surface area contributed by atoms with Crippen molar-refractivity contribution in [1.82, 2.24) is 4.98 Å². The van der Waals surface area contributed by atoms with Crippen LogP contribution in [0.4, 0.5) is 17.6 Å². The molecule has 102 valence electrons. The first-order valence-corrected chi connectivity index (χ1v) is 5.25. The molecule has 3 nitrogen and oxygen atoms in total. The van der Waals surface area contributed by atoms with Gasteiger partial charge in [0.15, 0.2) is 6.61 Å². The van der Waals surface area contributed by atoms with Crippen LogP contribution in [0.25, 0.3) is 0 Å². The summed E-state index contributed by atoms with van der Waals surface area (Å²) < 4.78 is 53.8. The van der Waals surface area contributed by atoms with Gasteiger partial charge in [0, 0.05) is 6.04 Å². The van der Waals surface area contributed by atoms with Crippen molar-refractivity contribution in [2.24, 2.45) is 5.73 Å². The van der Waals surface area contributed by atoms with Gasteiger partial charge in [-0.25, -0.2) is 8.78 Å². The minimum Gasteiger partial charge on any atom is -0.485 e. The molecule has 0 aliphatic rings. The molecule has 7 heteroatoms. The largest absolute Gasteiger partial charge is 0.485 e. The van der Waals surface area contributed by atoms with Gasteiger partial charge in [0.2, 0.25) is 0 Å². The number of aromatic nitrogens is 1. The molecule has 0 saturated carbocycles. The molecule has 0 bridgehead atoms. The molecule has 2 N–H and O–H groups in total. The van der Waals surface area contributed by atoms with Crippen molar-refractivity contribution in [3.63, 3.8) is 0 Å². The van der Waals surface area contributed by atoms with Crippen LogP contribution < -0.4 is 10.5 Å². The van der Waals surface area contributed by atoms with Gasteiger partial charge < -0.3 is 10.5 Å². The van der Waals surface area contributed by atoms with E-state index >= 15 is 0 Å². The standard InChI is InChI=1S/C11H14F4N2O/c1-6-3-8(7(2)16)17-4-9(6)18-5-11(14,15)10(12)13/h3-4,7,10H,5,16H2,1-2H3. The number of rotatable bonds is 5. The Balaban J connectivity index is 2.75. The minimum absolute atomic E-state index is 0.0414. The Morgan fingerprint density at radius 1 is 1.44 bits per heavy atom. The highest BCUT2D eigenvalue weighted by molar-refractivity contribution is 5.32. The lowest BCUT2D eigenvalue weighted by Gasteiger charge is -2.17. The predicted molar refractivity (Wildman–Crippen MR) is 58.0 cm³/mol. The molecule has 0 spiro atoms. The third kappa shape index (κ3) is 3.56. The Bertz CT molecular complexity index is 410. The molecule has 1 aromatic heterocycles. The molecule has 1 unspecified atom stereocenters. The van der Waals surface area contributed by atoms with Gasteiger partial charge in [0.25, 0.3) is 0 Å². The Morgan fingerprint density at radius 2 is 2.06 bits per heavy atom. The van der Waals surface area contributed by atoms with Crippen LogP contribution in [0.1, 0.15) is 24.2 Å². The Hall–Kier alpha value is -1.37. The number of alkyl halides is 4. The molecule has 0 aromatic carbocycles. The van der Waals surface area contributed by atoms with E-state index < -0.39 is 19.0 Å². The zero-order valence-electron chi connectivity index (χ0n) is 9.96. The van der Waals surface area contributed by atoms with E-state index in [0.29, 0.717) is 11.3 Å². The SMILES string of the molecule is Cc1cc(C(C)N)ncc1OCC(F)(F)C(F)F. The number of hydrogen-bond acceptors (Lipinski definition) is 3. The van der Waals surface area contributed by atoms with Crippen molar-refractivity contribution < 1.29 is 22.3 Å². The van der Waals surface area contributed by atoms with Crippen molar-refractivity contribution in [2.75, 3.05) is 6.61 Å². The van der Waals surface area contributed by atoms with E-state index in [0.717, 1.165) is 0 Å². The number of halogens is 4. The lowest BCUT2D eigenvalue weighted by Crippen LogP contribution is -2.33. The highest BCUT2D eigenvalue weighted by Crippen LogP contribution is 2.26. The number of hydrogen-bond donors (Lipinski definition) is 1. The highest BCUT2D eigenvalue weighted by atomic mass is 19.3. The first-order valence-electron chi connectivity index (χ1n) is 5.25. The van der Waals surface area contributed by atoms with E-state index in [9.17, 15) is 17.6 Å². The van der Waals surface area contributed by atoms with Crippen LogP contribution in [0.2, 0.25) is 0 Å². The lowest BCUT2D eigenvalue weighted by molar-refractivity contribution is -0.148. The number of nitrogens with two attached hydrogens (primary N) is 1. The smallest absolute Gasteiger partial charge is 0.340 e. The lowest BCUT2D eigenvalue weighted by atomic mass is 10.1. The van der Waals surface area contributed by atoms with E-state index in [1.807, 2.05) is 0 Å². The fraction of sp³-hybridized carbons (Fsp3) is 0.545. The minimum atomic E-state index is -4.17. The molecule has 0 saturated heterocycles. The number of pyridine rings is 1. The van der Waals surface area contributed by atoms with Crippen molar-refractivity contribution in [2.45, 2.75) is 32.2 Å². The van der Waals surface area contributed by atoms with Crippen molar-refractivity contribution in [3.8, 4) is 5.75 Å². The molecule has 1 heterocycles. The fourth-order valence-electron chi connectivity index (χ4n) is 1.20. The first kappa shape index (κ1) is 14.7. The molecule has 18 heavy (non-hydrogen) atoms. The maximum Gasteiger partial charge on any atom is 0.340 e. The summed E-state index contributed by atoms with van der Waals surface area (Å²) in [6, 6.07) is 1.26. The van der Waals surface area contributed by atoms with Crippen LogP contribution in [0.15, 0.2) is 12.3 Å². The quantitative estimate of drug-likeness (QED) is 0.833. The van der Waals surface area contributed by atoms with Crippen molar-refractivity contribution in [3.05, 3.63) is 23.5 Å². The zero-order valence-corrected chi connectivity index (χ0v) is 9.96. The highest BCUT2D eigenvalue weighted by Gasteiger charge is 2.41. The summed E-state index contributed by atoms with van der Waals surface area (Å²) in [5.41, 5.74) is 6.68. The van der Waals surface area contributed by atoms with Gasteiger partial charge in [0.05, 0.1) is 11.9 Å². The van der Waals surface area contributed by atoms with Crippen LogP contribution in [0.5, 0.6) is 5.75 Å². The van der Waals surface area contributed by atoms with Gasteiger partial charge in [-0.05, 0) is 25.5 Å². The van der Waals surface area contributed by atoms with E-state index in [4.69, 9.17) is 5.73 Å². The average molecular weight is 266 g/mol. The molecule has 0 radical (unpaired) electrons. The molecule has 1 rings (SSSR count). The second-order valence-electron chi connectivity index (χ2n) is 4.01. The summed E-state index contributed by atoms with van der Waals surface area (Å²) in [4.78, 5) is 3.90. The van der Waals surface area contributed by atoms with Crippen LogP contribution in [-0.4, -0.2) is 23.9 Å². The fourth-order valence-corrected chi connectivity index (χ4v) is 1.20. The molecular formula is C11H14F4N2O. The second kappa shape index (κ2) is 5.51. The van der Waals surface area contributed by atoms with E-state index in [1.165, 1.54) is 6.20 Å². The predicted octanol–water partition coefficient (Wildman–Crippen LogP) is 2.69. The van der Waals surface area contributed by atoms with E-state index in [1.54, 1.807) is 19.9 Å². The summed E-state index contributed by atoms with van der Waals surface area (Å²) >= 11 is 0. The molecule has 1 atom stereocenters. The van der Waals surface area contributed by atoms with E-state index in [2.05, 4.69) is 9.72 Å².